The summed E-state index contributed by atoms with van der Waals surface area (Å²) in [4.78, 5) is 19.0. The molecule has 0 saturated heterocycles. The van der Waals surface area contributed by atoms with Gasteiger partial charge in [0, 0.05) is 30.0 Å². The van der Waals surface area contributed by atoms with Crippen LogP contribution in [0.15, 0.2) is 28.8 Å². The molecule has 0 radical (unpaired) electrons. The van der Waals surface area contributed by atoms with E-state index in [1.807, 2.05) is 23.1 Å². The molecule has 0 aliphatic carbocycles. The molecule has 3 rings (SSSR count). The molecule has 1 aromatic carbocycles. The maximum atomic E-state index is 12.6. The predicted molar refractivity (Wildman–Crippen MR) is 93.0 cm³/mol. The van der Waals surface area contributed by atoms with Crippen LogP contribution in [0.25, 0.3) is 0 Å². The van der Waals surface area contributed by atoms with Crippen LogP contribution < -0.4 is 4.90 Å². The molecule has 24 heavy (non-hydrogen) atoms. The largest absolute Gasteiger partial charge is 0.339 e. The number of nitrogens with zero attached hydrogens (tertiary/aromatic N) is 3. The van der Waals surface area contributed by atoms with Crippen molar-refractivity contribution in [3.63, 3.8) is 0 Å². The van der Waals surface area contributed by atoms with Crippen LogP contribution in [0.1, 0.15) is 57.8 Å². The lowest BCUT2D eigenvalue weighted by molar-refractivity contribution is -0.119. The first-order valence-corrected chi connectivity index (χ1v) is 8.59. The lowest BCUT2D eigenvalue weighted by Crippen LogP contribution is -2.35. The molecule has 5 nitrogen and oxygen atoms in total. The first-order chi connectivity index (χ1) is 11.4. The van der Waals surface area contributed by atoms with Gasteiger partial charge in [0.15, 0.2) is 5.82 Å². The van der Waals surface area contributed by atoms with E-state index in [1.165, 1.54) is 5.56 Å². The molecule has 0 N–H and O–H groups in total. The minimum absolute atomic E-state index is 0.119. The Bertz CT molecular complexity index is 730. The Balaban J connectivity index is 1.58. The van der Waals surface area contributed by atoms with Crippen LogP contribution in [-0.4, -0.2) is 22.1 Å². The van der Waals surface area contributed by atoms with Gasteiger partial charge >= 0.3 is 0 Å². The normalized spacial score (nSPS) is 17.2. The third-order valence-corrected chi connectivity index (χ3v) is 4.40. The maximum Gasteiger partial charge on any atom is 0.227 e. The number of aryl methyl sites for hydroxylation is 1. The van der Waals surface area contributed by atoms with Gasteiger partial charge in [0.2, 0.25) is 11.8 Å². The van der Waals surface area contributed by atoms with Gasteiger partial charge in [0.1, 0.15) is 0 Å². The van der Waals surface area contributed by atoms with Gasteiger partial charge in [-0.1, -0.05) is 44.1 Å². The van der Waals surface area contributed by atoms with Crippen molar-refractivity contribution in [1.29, 1.82) is 0 Å². The highest BCUT2D eigenvalue weighted by molar-refractivity contribution is 5.96. The lowest BCUT2D eigenvalue weighted by atomic mass is 9.96. The average Bonchev–Trinajstić information content (AvgIpc) is 3.10. The van der Waals surface area contributed by atoms with Crippen LogP contribution >= 0.6 is 0 Å². The predicted octanol–water partition coefficient (Wildman–Crippen LogP) is 3.67. The number of anilines is 1. The molecule has 1 aromatic heterocycles. The summed E-state index contributed by atoms with van der Waals surface area (Å²) in [5, 5.41) is 4.02. The monoisotopic (exact) mass is 327 g/mol. The molecule has 0 fully saturated rings. The van der Waals surface area contributed by atoms with Crippen molar-refractivity contribution >= 4 is 11.6 Å². The summed E-state index contributed by atoms with van der Waals surface area (Å²) in [6.45, 7) is 8.26. The highest BCUT2D eigenvalue weighted by Gasteiger charge is 2.30. The van der Waals surface area contributed by atoms with E-state index >= 15 is 0 Å². The molecule has 0 bridgehead atoms. The van der Waals surface area contributed by atoms with E-state index in [0.29, 0.717) is 24.6 Å². The average molecular weight is 327 g/mol. The molecular weight excluding hydrogens is 302 g/mol. The number of para-hydroxylation sites is 1. The van der Waals surface area contributed by atoms with E-state index in [4.69, 9.17) is 4.52 Å². The van der Waals surface area contributed by atoms with Gasteiger partial charge < -0.3 is 9.42 Å². The van der Waals surface area contributed by atoms with Gasteiger partial charge in [-0.2, -0.15) is 4.98 Å². The number of carbonyl (C=O) groups excluding carboxylic acids is 1. The molecule has 5 heteroatoms. The molecular formula is C19H25N3O2. The highest BCUT2D eigenvalue weighted by atomic mass is 16.5. The van der Waals surface area contributed by atoms with Gasteiger partial charge in [-0.15, -0.1) is 0 Å². The van der Waals surface area contributed by atoms with Gasteiger partial charge in [-0.25, -0.2) is 0 Å². The molecule has 1 atom stereocenters. The Labute approximate surface area is 143 Å². The van der Waals surface area contributed by atoms with Crippen LogP contribution in [0.2, 0.25) is 0 Å². The van der Waals surface area contributed by atoms with Crippen molar-refractivity contribution in [3.8, 4) is 0 Å². The van der Waals surface area contributed by atoms with Gasteiger partial charge in [0.25, 0.3) is 0 Å². The zero-order chi connectivity index (χ0) is 17.3. The summed E-state index contributed by atoms with van der Waals surface area (Å²) in [7, 11) is 0. The standard InChI is InChI=1S/C19H25N3O2/c1-13-12-14-8-5-6-9-15(14)22(13)17(23)11-7-10-16-20-18(21-24-16)19(2,3)4/h5-6,8-9,13H,7,10-12H2,1-4H3/t13-/m1/s1. The molecule has 128 valence electrons. The van der Waals surface area contributed by atoms with E-state index in [9.17, 15) is 4.79 Å². The first kappa shape index (κ1) is 16.7. The van der Waals surface area contributed by atoms with Crippen LogP contribution in [-0.2, 0) is 23.1 Å². The molecule has 0 saturated carbocycles. The first-order valence-electron chi connectivity index (χ1n) is 8.59. The number of rotatable bonds is 4. The van der Waals surface area contributed by atoms with E-state index in [2.05, 4.69) is 43.9 Å². The Hall–Kier alpha value is -2.17. The van der Waals surface area contributed by atoms with E-state index < -0.39 is 0 Å². The van der Waals surface area contributed by atoms with E-state index in [-0.39, 0.29) is 17.4 Å². The van der Waals surface area contributed by atoms with Gasteiger partial charge in [-0.05, 0) is 31.4 Å². The Kier molecular flexibility index (Phi) is 4.43. The third kappa shape index (κ3) is 3.35. The Morgan fingerprint density at radius 1 is 1.33 bits per heavy atom. The molecule has 2 heterocycles. The highest BCUT2D eigenvalue weighted by Crippen LogP contribution is 2.32. The van der Waals surface area contributed by atoms with Crippen LogP contribution in [0.5, 0.6) is 0 Å². The number of amides is 1. The van der Waals surface area contributed by atoms with Gasteiger partial charge in [-0.3, -0.25) is 4.79 Å². The van der Waals surface area contributed by atoms with Crippen molar-refractivity contribution in [1.82, 2.24) is 10.1 Å². The fourth-order valence-corrected chi connectivity index (χ4v) is 3.12. The zero-order valence-electron chi connectivity index (χ0n) is 14.9. The van der Waals surface area contributed by atoms with Crippen LogP contribution in [0.3, 0.4) is 0 Å². The summed E-state index contributed by atoms with van der Waals surface area (Å²) in [5.74, 6) is 1.50. The number of aromatic nitrogens is 2. The summed E-state index contributed by atoms with van der Waals surface area (Å²) < 4.78 is 5.29. The second-order valence-corrected chi connectivity index (χ2v) is 7.56. The Morgan fingerprint density at radius 2 is 2.08 bits per heavy atom. The number of fused-ring (bicyclic) bond motifs is 1. The third-order valence-electron chi connectivity index (χ3n) is 4.40. The summed E-state index contributed by atoms with van der Waals surface area (Å²) >= 11 is 0. The summed E-state index contributed by atoms with van der Waals surface area (Å²) in [5.41, 5.74) is 2.19. The van der Waals surface area contributed by atoms with Crippen molar-refractivity contribution in [2.45, 2.75) is 64.8 Å². The molecule has 1 amide bonds. The molecule has 0 unspecified atom stereocenters. The molecule has 1 aliphatic rings. The zero-order valence-corrected chi connectivity index (χ0v) is 14.9. The second kappa shape index (κ2) is 6.38. The van der Waals surface area contributed by atoms with Crippen molar-refractivity contribution in [2.24, 2.45) is 0 Å². The molecule has 2 aromatic rings. The number of carbonyl (C=O) groups is 1. The van der Waals surface area contributed by atoms with Crippen LogP contribution in [0.4, 0.5) is 5.69 Å². The maximum absolute atomic E-state index is 12.6. The number of hydrogen-bond acceptors (Lipinski definition) is 4. The smallest absolute Gasteiger partial charge is 0.227 e. The van der Waals surface area contributed by atoms with Crippen molar-refractivity contribution in [3.05, 3.63) is 41.5 Å². The molecule has 1 aliphatic heterocycles. The second-order valence-electron chi connectivity index (χ2n) is 7.56. The van der Waals surface area contributed by atoms with Gasteiger partial charge in [0.05, 0.1) is 0 Å². The minimum atomic E-state index is -0.119. The number of benzene rings is 1. The van der Waals surface area contributed by atoms with E-state index in [0.717, 1.165) is 18.5 Å². The summed E-state index contributed by atoms with van der Waals surface area (Å²) in [6, 6.07) is 8.38. The van der Waals surface area contributed by atoms with E-state index in [1.54, 1.807) is 0 Å². The Morgan fingerprint density at radius 3 is 2.79 bits per heavy atom. The fraction of sp³-hybridized carbons (Fsp3) is 0.526. The topological polar surface area (TPSA) is 59.2 Å². The van der Waals surface area contributed by atoms with Crippen molar-refractivity contribution in [2.75, 3.05) is 4.90 Å². The van der Waals surface area contributed by atoms with Crippen molar-refractivity contribution < 1.29 is 9.32 Å². The number of hydrogen-bond donors (Lipinski definition) is 0. The summed E-state index contributed by atoms with van der Waals surface area (Å²) in [6.07, 6.45) is 2.78. The lowest BCUT2D eigenvalue weighted by Gasteiger charge is -2.22. The van der Waals surface area contributed by atoms with Crippen LogP contribution in [0, 0.1) is 0 Å². The quantitative estimate of drug-likeness (QED) is 0.860. The minimum Gasteiger partial charge on any atom is -0.339 e. The SMILES string of the molecule is C[C@@H]1Cc2ccccc2N1C(=O)CCCc1nc(C(C)(C)C)no1. The molecule has 0 spiro atoms. The fourth-order valence-electron chi connectivity index (χ4n) is 3.12.